The Morgan fingerprint density at radius 1 is 1.07 bits per heavy atom. The monoisotopic (exact) mass is 410 g/mol. The van der Waals surface area contributed by atoms with Crippen LogP contribution >= 0.6 is 12.2 Å². The average Bonchev–Trinajstić information content (AvgIpc) is 3.12. The molecule has 0 aliphatic heterocycles. The van der Waals surface area contributed by atoms with Crippen molar-refractivity contribution < 1.29 is 14.2 Å². The largest absolute Gasteiger partial charge is 0.493 e. The summed E-state index contributed by atoms with van der Waals surface area (Å²) < 4.78 is 18.2. The summed E-state index contributed by atoms with van der Waals surface area (Å²) in [7, 11) is 4.68. The summed E-state index contributed by atoms with van der Waals surface area (Å²) in [5.41, 5.74) is 2.78. The van der Waals surface area contributed by atoms with Gasteiger partial charge in [-0.1, -0.05) is 36.4 Å². The Kier molecular flexibility index (Phi) is 6.46. The first kappa shape index (κ1) is 20.3. The average molecular weight is 410 g/mol. The summed E-state index contributed by atoms with van der Waals surface area (Å²) in [6, 6.07) is 13.6. The van der Waals surface area contributed by atoms with Crippen LogP contribution in [0.5, 0.6) is 17.2 Å². The third-order valence-corrected chi connectivity index (χ3v) is 4.41. The van der Waals surface area contributed by atoms with E-state index in [9.17, 15) is 0 Å². The molecule has 29 heavy (non-hydrogen) atoms. The van der Waals surface area contributed by atoms with Gasteiger partial charge in [0.1, 0.15) is 0 Å². The van der Waals surface area contributed by atoms with Crippen molar-refractivity contribution in [2.75, 3.05) is 21.3 Å². The molecule has 0 unspecified atom stereocenters. The topological polar surface area (TPSA) is 73.7 Å². The van der Waals surface area contributed by atoms with Crippen LogP contribution in [0.2, 0.25) is 0 Å². The molecule has 1 N–H and O–H groups in total. The number of methoxy groups -OCH3 is 3. The van der Waals surface area contributed by atoms with E-state index >= 15 is 0 Å². The molecule has 0 fully saturated rings. The first-order valence-corrected chi connectivity index (χ1v) is 9.23. The lowest BCUT2D eigenvalue weighted by atomic mass is 10.1. The second kappa shape index (κ2) is 9.20. The van der Waals surface area contributed by atoms with E-state index in [1.165, 1.54) is 0 Å². The fourth-order valence-corrected chi connectivity index (χ4v) is 2.97. The number of nitrogens with one attached hydrogen (secondary N) is 1. The maximum absolute atomic E-state index is 5.43. The van der Waals surface area contributed by atoms with Gasteiger partial charge in [-0.2, -0.15) is 14.9 Å². The van der Waals surface area contributed by atoms with Crippen LogP contribution in [0, 0.1) is 4.77 Å². The number of ether oxygens (including phenoxy) is 3. The van der Waals surface area contributed by atoms with Crippen molar-refractivity contribution in [1.29, 1.82) is 0 Å². The van der Waals surface area contributed by atoms with Gasteiger partial charge in [0.15, 0.2) is 17.3 Å². The van der Waals surface area contributed by atoms with Gasteiger partial charge < -0.3 is 14.2 Å². The van der Waals surface area contributed by atoms with Gasteiger partial charge in [-0.3, -0.25) is 0 Å². The van der Waals surface area contributed by atoms with Gasteiger partial charge in [-0.05, 0) is 42.4 Å². The Labute approximate surface area is 174 Å². The molecule has 2 aromatic carbocycles. The fourth-order valence-electron chi connectivity index (χ4n) is 2.79. The van der Waals surface area contributed by atoms with E-state index < -0.39 is 0 Å². The van der Waals surface area contributed by atoms with Crippen LogP contribution in [-0.4, -0.2) is 42.4 Å². The summed E-state index contributed by atoms with van der Waals surface area (Å²) in [4.78, 5) is 0. The highest BCUT2D eigenvalue weighted by atomic mass is 32.1. The van der Waals surface area contributed by atoms with Crippen molar-refractivity contribution in [3.8, 4) is 28.6 Å². The predicted molar refractivity (Wildman–Crippen MR) is 116 cm³/mol. The standard InChI is InChI=1S/C21H22N4O3S/c1-14(10-15-8-6-5-7-9-15)13-22-25-20(23-24-21(25)29)16-11-17(26-2)19(28-4)18(12-16)27-3/h5-13H,1-4H3,(H,24,29)/b14-10+,22-13+. The number of aromatic amines is 1. The van der Waals surface area contributed by atoms with E-state index in [0.717, 1.165) is 11.1 Å². The van der Waals surface area contributed by atoms with Gasteiger partial charge in [0.05, 0.1) is 27.5 Å². The highest BCUT2D eigenvalue weighted by Crippen LogP contribution is 2.40. The highest BCUT2D eigenvalue weighted by molar-refractivity contribution is 7.71. The molecule has 150 valence electrons. The maximum Gasteiger partial charge on any atom is 0.216 e. The molecule has 0 aliphatic rings. The van der Waals surface area contributed by atoms with E-state index in [-0.39, 0.29) is 0 Å². The van der Waals surface area contributed by atoms with Crippen LogP contribution in [0.3, 0.4) is 0 Å². The van der Waals surface area contributed by atoms with Gasteiger partial charge in [0.2, 0.25) is 10.5 Å². The molecular weight excluding hydrogens is 388 g/mol. The molecule has 0 radical (unpaired) electrons. The maximum atomic E-state index is 5.43. The minimum atomic E-state index is 0.373. The van der Waals surface area contributed by atoms with Gasteiger partial charge >= 0.3 is 0 Å². The van der Waals surface area contributed by atoms with E-state index in [0.29, 0.717) is 33.4 Å². The van der Waals surface area contributed by atoms with Crippen LogP contribution in [0.1, 0.15) is 12.5 Å². The number of benzene rings is 2. The fraction of sp³-hybridized carbons (Fsp3) is 0.190. The van der Waals surface area contributed by atoms with Gasteiger partial charge in [-0.25, -0.2) is 5.10 Å². The molecule has 7 nitrogen and oxygen atoms in total. The van der Waals surface area contributed by atoms with E-state index in [1.54, 1.807) is 44.4 Å². The number of hydrogen-bond donors (Lipinski definition) is 1. The van der Waals surface area contributed by atoms with Crippen LogP contribution in [0.4, 0.5) is 0 Å². The molecule has 0 saturated heterocycles. The number of nitrogens with zero attached hydrogens (tertiary/aromatic N) is 3. The van der Waals surface area contributed by atoms with Crippen LogP contribution < -0.4 is 14.2 Å². The molecule has 3 aromatic rings. The number of rotatable bonds is 7. The SMILES string of the molecule is COc1cc(-c2n[nH]c(=S)n2/N=C/C(C)=C/c2ccccc2)cc(OC)c1OC. The van der Waals surface area contributed by atoms with Crippen molar-refractivity contribution >= 4 is 24.5 Å². The van der Waals surface area contributed by atoms with Gasteiger partial charge in [0, 0.05) is 5.56 Å². The molecule has 0 bridgehead atoms. The summed E-state index contributed by atoms with van der Waals surface area (Å²) in [6.07, 6.45) is 3.77. The lowest BCUT2D eigenvalue weighted by Crippen LogP contribution is -1.99. The summed E-state index contributed by atoms with van der Waals surface area (Å²) in [5, 5.41) is 11.6. The van der Waals surface area contributed by atoms with Crippen LogP contribution in [0.15, 0.2) is 53.1 Å². The van der Waals surface area contributed by atoms with E-state index in [4.69, 9.17) is 26.4 Å². The number of allylic oxidation sites excluding steroid dienone is 1. The highest BCUT2D eigenvalue weighted by Gasteiger charge is 2.17. The van der Waals surface area contributed by atoms with Crippen molar-refractivity contribution in [3.05, 3.63) is 58.4 Å². The predicted octanol–water partition coefficient (Wildman–Crippen LogP) is 4.57. The molecule has 1 heterocycles. The van der Waals surface area contributed by atoms with Gasteiger partial charge in [-0.15, -0.1) is 0 Å². The molecule has 0 atom stereocenters. The van der Waals surface area contributed by atoms with E-state index in [2.05, 4.69) is 15.3 Å². The number of hydrogen-bond acceptors (Lipinski definition) is 6. The Morgan fingerprint density at radius 2 is 1.72 bits per heavy atom. The van der Waals surface area contributed by atoms with Crippen LogP contribution in [0.25, 0.3) is 17.5 Å². The zero-order chi connectivity index (χ0) is 20.8. The zero-order valence-corrected chi connectivity index (χ0v) is 17.5. The number of H-pyrrole nitrogens is 1. The summed E-state index contributed by atoms with van der Waals surface area (Å²) >= 11 is 5.35. The smallest absolute Gasteiger partial charge is 0.216 e. The minimum absolute atomic E-state index is 0.373. The second-order valence-electron chi connectivity index (χ2n) is 6.12. The van der Waals surface area contributed by atoms with Crippen molar-refractivity contribution in [2.24, 2.45) is 5.10 Å². The third-order valence-electron chi connectivity index (χ3n) is 4.14. The lowest BCUT2D eigenvalue weighted by Gasteiger charge is -2.13. The quantitative estimate of drug-likeness (QED) is 0.456. The first-order chi connectivity index (χ1) is 14.1. The number of aromatic nitrogens is 3. The molecule has 8 heteroatoms. The second-order valence-corrected chi connectivity index (χ2v) is 6.51. The van der Waals surface area contributed by atoms with E-state index in [1.807, 2.05) is 43.3 Å². The normalized spacial score (nSPS) is 11.7. The molecule has 3 rings (SSSR count). The zero-order valence-electron chi connectivity index (χ0n) is 16.7. The third kappa shape index (κ3) is 4.55. The molecule has 0 saturated carbocycles. The Hall–Kier alpha value is -3.39. The first-order valence-electron chi connectivity index (χ1n) is 8.83. The summed E-state index contributed by atoms with van der Waals surface area (Å²) in [6.45, 7) is 1.97. The Morgan fingerprint density at radius 3 is 2.31 bits per heavy atom. The van der Waals surface area contributed by atoms with Gasteiger partial charge in [0.25, 0.3) is 0 Å². The summed E-state index contributed by atoms with van der Waals surface area (Å²) in [5.74, 6) is 2.07. The lowest BCUT2D eigenvalue weighted by molar-refractivity contribution is 0.324. The molecular formula is C21H22N4O3S. The minimum Gasteiger partial charge on any atom is -0.493 e. The molecule has 0 aliphatic carbocycles. The molecule has 0 spiro atoms. The Balaban J connectivity index is 2.00. The van der Waals surface area contributed by atoms with Crippen LogP contribution in [-0.2, 0) is 0 Å². The molecule has 0 amide bonds. The Bertz CT molecular complexity index is 1080. The van der Waals surface area contributed by atoms with Crippen molar-refractivity contribution in [2.45, 2.75) is 6.92 Å². The van der Waals surface area contributed by atoms with Crippen molar-refractivity contribution in [3.63, 3.8) is 0 Å². The molecule has 1 aromatic heterocycles. The van der Waals surface area contributed by atoms with Crippen molar-refractivity contribution in [1.82, 2.24) is 14.9 Å².